The summed E-state index contributed by atoms with van der Waals surface area (Å²) in [7, 11) is -9.92. The van der Waals surface area contributed by atoms with Crippen molar-refractivity contribution >= 4 is 39.5 Å². The van der Waals surface area contributed by atoms with E-state index in [0.717, 1.165) is 89.9 Å². The lowest BCUT2D eigenvalue weighted by Gasteiger charge is -2.21. The fourth-order valence-corrected chi connectivity index (χ4v) is 14.4. The van der Waals surface area contributed by atoms with Crippen molar-refractivity contribution in [2.24, 2.45) is 0 Å². The van der Waals surface area contributed by atoms with Gasteiger partial charge in [-0.25, -0.2) is 9.13 Å². The molecule has 19 heteroatoms. The van der Waals surface area contributed by atoms with E-state index in [1.165, 1.54) is 276 Å². The van der Waals surface area contributed by atoms with Crippen LogP contribution in [0, 0.1) is 0 Å². The van der Waals surface area contributed by atoms with Crippen LogP contribution < -0.4 is 0 Å². The van der Waals surface area contributed by atoms with Crippen molar-refractivity contribution in [1.29, 1.82) is 0 Å². The molecule has 17 nitrogen and oxygen atoms in total. The van der Waals surface area contributed by atoms with E-state index in [2.05, 4.69) is 27.7 Å². The molecule has 0 saturated heterocycles. The fraction of sp³-hybridized carbons (Fsp3) is 0.951. The van der Waals surface area contributed by atoms with E-state index in [-0.39, 0.29) is 25.7 Å². The third-order valence-corrected chi connectivity index (χ3v) is 21.3. The van der Waals surface area contributed by atoms with Gasteiger partial charge in [0.15, 0.2) is 12.2 Å². The summed E-state index contributed by atoms with van der Waals surface area (Å²) in [6.45, 7) is 5.03. The maximum atomic E-state index is 13.1. The highest BCUT2D eigenvalue weighted by Gasteiger charge is 2.30. The first-order chi connectivity index (χ1) is 49.2. The molecule has 0 aliphatic carbocycles. The van der Waals surface area contributed by atoms with Crippen LogP contribution in [-0.4, -0.2) is 96.7 Å². The van der Waals surface area contributed by atoms with Crippen molar-refractivity contribution in [2.75, 3.05) is 39.6 Å². The second-order valence-corrected chi connectivity index (χ2v) is 32.4. The van der Waals surface area contributed by atoms with E-state index in [4.69, 9.17) is 37.0 Å². The topological polar surface area (TPSA) is 237 Å². The lowest BCUT2D eigenvalue weighted by Crippen LogP contribution is -2.30. The molecular weight excluding hydrogens is 1320 g/mol. The molecule has 0 bridgehead atoms. The summed E-state index contributed by atoms with van der Waals surface area (Å²) >= 11 is 0. The average molecular weight is 1480 g/mol. The monoisotopic (exact) mass is 1480 g/mol. The number of carbonyl (C=O) groups excluding carboxylic acids is 4. The van der Waals surface area contributed by atoms with E-state index < -0.39 is 97.5 Å². The Labute approximate surface area is 619 Å². The van der Waals surface area contributed by atoms with Gasteiger partial charge in [-0.15, -0.1) is 0 Å². The number of phosphoric ester groups is 2. The van der Waals surface area contributed by atoms with E-state index in [1.807, 2.05) is 0 Å². The second kappa shape index (κ2) is 76.3. The van der Waals surface area contributed by atoms with Crippen molar-refractivity contribution in [1.82, 2.24) is 0 Å². The van der Waals surface area contributed by atoms with Crippen LogP contribution in [0.5, 0.6) is 0 Å². The third kappa shape index (κ3) is 76.1. The molecule has 0 amide bonds. The van der Waals surface area contributed by atoms with Crippen molar-refractivity contribution in [3.63, 3.8) is 0 Å². The summed E-state index contributed by atoms with van der Waals surface area (Å²) in [4.78, 5) is 73.0. The number of hydrogen-bond acceptors (Lipinski definition) is 15. The molecule has 0 aliphatic rings. The van der Waals surface area contributed by atoms with Gasteiger partial charge in [-0.05, 0) is 25.7 Å². The number of phosphoric acid groups is 2. The van der Waals surface area contributed by atoms with Crippen LogP contribution >= 0.6 is 15.6 Å². The van der Waals surface area contributed by atoms with Gasteiger partial charge in [-0.1, -0.05) is 394 Å². The molecule has 2 unspecified atom stereocenters. The molecule has 101 heavy (non-hydrogen) atoms. The maximum absolute atomic E-state index is 13.1. The summed E-state index contributed by atoms with van der Waals surface area (Å²) in [5.74, 6) is -2.10. The Morgan fingerprint density at radius 2 is 0.396 bits per heavy atom. The number of unbranched alkanes of at least 4 members (excludes halogenated alkanes) is 57. The molecule has 0 heterocycles. The van der Waals surface area contributed by atoms with Crippen LogP contribution in [0.4, 0.5) is 0 Å². The van der Waals surface area contributed by atoms with E-state index in [1.54, 1.807) is 0 Å². The minimum absolute atomic E-state index is 0.109. The molecule has 0 aliphatic heterocycles. The number of esters is 4. The van der Waals surface area contributed by atoms with Gasteiger partial charge in [0, 0.05) is 25.7 Å². The van der Waals surface area contributed by atoms with Crippen LogP contribution in [-0.2, 0) is 65.4 Å². The minimum atomic E-state index is -4.96. The van der Waals surface area contributed by atoms with Gasteiger partial charge in [0.2, 0.25) is 0 Å². The number of ether oxygens (including phenoxy) is 4. The summed E-state index contributed by atoms with van der Waals surface area (Å²) < 4.78 is 68.7. The van der Waals surface area contributed by atoms with Crippen molar-refractivity contribution in [3.05, 3.63) is 0 Å². The van der Waals surface area contributed by atoms with Crippen LogP contribution in [0.2, 0.25) is 0 Å². The largest absolute Gasteiger partial charge is 0.472 e. The van der Waals surface area contributed by atoms with Gasteiger partial charge in [0.1, 0.15) is 19.3 Å². The number of carbonyl (C=O) groups is 4. The maximum Gasteiger partial charge on any atom is 0.472 e. The third-order valence-electron chi connectivity index (χ3n) is 19.4. The first-order valence-electron chi connectivity index (χ1n) is 42.8. The zero-order valence-electron chi connectivity index (χ0n) is 65.9. The molecule has 3 N–H and O–H groups in total. The number of aliphatic hydroxyl groups excluding tert-OH is 1. The predicted octanol–water partition coefficient (Wildman–Crippen LogP) is 25.0. The van der Waals surface area contributed by atoms with Gasteiger partial charge in [-0.3, -0.25) is 37.3 Å². The zero-order chi connectivity index (χ0) is 73.9. The highest BCUT2D eigenvalue weighted by molar-refractivity contribution is 7.47. The van der Waals surface area contributed by atoms with E-state index in [9.17, 15) is 43.2 Å². The summed E-state index contributed by atoms with van der Waals surface area (Å²) in [5, 5.41) is 10.6. The van der Waals surface area contributed by atoms with Gasteiger partial charge in [-0.2, -0.15) is 0 Å². The molecular formula is C82H160O17P2. The quantitative estimate of drug-likeness (QED) is 0.0222. The van der Waals surface area contributed by atoms with Crippen LogP contribution in [0.1, 0.15) is 445 Å². The Hall–Kier alpha value is -1.94. The molecule has 5 atom stereocenters. The average Bonchev–Trinajstić information content (AvgIpc) is 0.930. The lowest BCUT2D eigenvalue weighted by molar-refractivity contribution is -0.161. The molecule has 0 aromatic carbocycles. The Bertz CT molecular complexity index is 1910. The Kier molecular flexibility index (Phi) is 74.8. The number of hydrogen-bond donors (Lipinski definition) is 3. The van der Waals surface area contributed by atoms with Gasteiger partial charge >= 0.3 is 39.5 Å². The Balaban J connectivity index is 5.21. The lowest BCUT2D eigenvalue weighted by atomic mass is 10.0. The standard InChI is InChI=1S/C82H160O17P2/c1-5-9-13-17-21-25-29-32-34-35-36-37-38-39-40-42-45-49-53-57-61-65-69-82(87)99-78(73-93-80(85)67-63-59-55-51-47-44-41-33-30-26-22-18-14-10-6-2)75-97-101(90,91)95-71-76(83)70-94-100(88,89)96-74-77(72-92-79(84)66-62-58-54-50-46-28-24-20-16-12-8-4)98-81(86)68-64-60-56-52-48-43-31-27-23-19-15-11-7-3/h76-78,83H,5-75H2,1-4H3,(H,88,89)(H,90,91)/t76-,77+,78+/m0/s1. The van der Waals surface area contributed by atoms with Crippen LogP contribution in [0.3, 0.4) is 0 Å². The highest BCUT2D eigenvalue weighted by Crippen LogP contribution is 2.45. The fourth-order valence-electron chi connectivity index (χ4n) is 12.8. The van der Waals surface area contributed by atoms with Crippen molar-refractivity contribution < 1.29 is 80.2 Å². The Morgan fingerprint density at radius 3 is 0.584 bits per heavy atom. The molecule has 0 spiro atoms. The molecule has 0 saturated carbocycles. The van der Waals surface area contributed by atoms with E-state index >= 15 is 0 Å². The molecule has 0 rings (SSSR count). The SMILES string of the molecule is CCCCCCCCCCCCCCCCCCCCCCCCC(=O)O[C@H](COC(=O)CCCCCCCCCCCCCCCCC)COP(=O)(O)OC[C@@H](O)COP(=O)(O)OC[C@@H](COC(=O)CCCCCCCCCCCCC)OC(=O)CCCCCCCCCCCCCCC. The minimum Gasteiger partial charge on any atom is -0.462 e. The van der Waals surface area contributed by atoms with Gasteiger partial charge in [0.25, 0.3) is 0 Å². The van der Waals surface area contributed by atoms with Crippen LogP contribution in [0.15, 0.2) is 0 Å². The molecule has 0 aromatic rings. The van der Waals surface area contributed by atoms with Gasteiger partial charge in [0.05, 0.1) is 26.4 Å². The van der Waals surface area contributed by atoms with E-state index in [0.29, 0.717) is 25.7 Å². The molecule has 0 aromatic heterocycles. The van der Waals surface area contributed by atoms with Crippen LogP contribution in [0.25, 0.3) is 0 Å². The second-order valence-electron chi connectivity index (χ2n) is 29.5. The zero-order valence-corrected chi connectivity index (χ0v) is 67.7. The first kappa shape index (κ1) is 99.1. The van der Waals surface area contributed by atoms with Crippen molar-refractivity contribution in [3.8, 4) is 0 Å². The highest BCUT2D eigenvalue weighted by atomic mass is 31.2. The Morgan fingerprint density at radius 1 is 0.238 bits per heavy atom. The summed E-state index contributed by atoms with van der Waals surface area (Å²) in [6, 6.07) is 0. The predicted molar refractivity (Wildman–Crippen MR) is 414 cm³/mol. The normalized spacial score (nSPS) is 13.8. The summed E-state index contributed by atoms with van der Waals surface area (Å²) in [6.07, 6.45) is 69.4. The molecule has 600 valence electrons. The number of rotatable bonds is 83. The number of aliphatic hydroxyl groups is 1. The smallest absolute Gasteiger partial charge is 0.462 e. The summed E-state index contributed by atoms with van der Waals surface area (Å²) in [5.41, 5.74) is 0. The first-order valence-corrected chi connectivity index (χ1v) is 45.8. The molecule has 0 radical (unpaired) electrons. The van der Waals surface area contributed by atoms with Crippen molar-refractivity contribution in [2.45, 2.75) is 463 Å². The molecule has 0 fully saturated rings. The van der Waals surface area contributed by atoms with Gasteiger partial charge < -0.3 is 33.8 Å².